The summed E-state index contributed by atoms with van der Waals surface area (Å²) in [4.78, 5) is 11.9. The molecule has 0 aliphatic heterocycles. The molecule has 1 heterocycles. The van der Waals surface area contributed by atoms with E-state index in [1.54, 1.807) is 7.11 Å². The molecule has 0 unspecified atom stereocenters. The van der Waals surface area contributed by atoms with Crippen LogP contribution < -0.4 is 5.32 Å². The first-order valence-electron chi connectivity index (χ1n) is 7.22. The minimum Gasteiger partial charge on any atom is -0.383 e. The molecule has 0 spiro atoms. The molecule has 1 aromatic rings. The minimum absolute atomic E-state index is 0.00540. The molecule has 0 fully saturated rings. The number of carbonyl (C=O) groups excluding carboxylic acids is 1. The predicted molar refractivity (Wildman–Crippen MR) is 84.5 cm³/mol. The summed E-state index contributed by atoms with van der Waals surface area (Å²) in [5, 5.41) is 12.1. The molecular weight excluding hydrogens is 288 g/mol. The van der Waals surface area contributed by atoms with Gasteiger partial charge in [0.15, 0.2) is 5.16 Å². The van der Waals surface area contributed by atoms with E-state index in [0.29, 0.717) is 18.9 Å². The highest BCUT2D eigenvalue weighted by atomic mass is 32.2. The maximum atomic E-state index is 11.9. The predicted octanol–water partition coefficient (Wildman–Crippen LogP) is 1.88. The van der Waals surface area contributed by atoms with Crippen LogP contribution in [0.1, 0.15) is 39.9 Å². The summed E-state index contributed by atoms with van der Waals surface area (Å²) in [6.45, 7) is 9.33. The quantitative estimate of drug-likeness (QED) is 0.742. The highest BCUT2D eigenvalue weighted by molar-refractivity contribution is 7.99. The first kappa shape index (κ1) is 18.0. The Balaban J connectivity index is 2.67. The zero-order valence-electron chi connectivity index (χ0n) is 13.6. The van der Waals surface area contributed by atoms with E-state index in [9.17, 15) is 4.79 Å². The average Bonchev–Trinajstić information content (AvgIpc) is 2.75. The van der Waals surface area contributed by atoms with Crippen LogP contribution in [0.3, 0.4) is 0 Å². The summed E-state index contributed by atoms with van der Waals surface area (Å²) in [5.74, 6) is 1.30. The van der Waals surface area contributed by atoms with E-state index in [0.717, 1.165) is 23.8 Å². The molecule has 0 aromatic carbocycles. The van der Waals surface area contributed by atoms with Gasteiger partial charge in [0, 0.05) is 25.6 Å². The molecule has 0 atom stereocenters. The standard InChI is InChI=1S/C14H26N4O2S/c1-6-7-11-16-17-13(18(11)8-9-20-5)21-10-12(19)15-14(2,3)4/h6-10H2,1-5H3,(H,15,19). The van der Waals surface area contributed by atoms with Crippen LogP contribution in [0.5, 0.6) is 0 Å². The van der Waals surface area contributed by atoms with Crippen molar-refractivity contribution in [3.05, 3.63) is 5.82 Å². The number of hydrogen-bond acceptors (Lipinski definition) is 5. The van der Waals surface area contributed by atoms with Crippen LogP contribution in [0.2, 0.25) is 0 Å². The topological polar surface area (TPSA) is 69.0 Å². The molecular formula is C14H26N4O2S. The molecule has 7 heteroatoms. The summed E-state index contributed by atoms with van der Waals surface area (Å²) in [5.41, 5.74) is -0.214. The summed E-state index contributed by atoms with van der Waals surface area (Å²) in [7, 11) is 1.67. The fourth-order valence-corrected chi connectivity index (χ4v) is 2.61. The van der Waals surface area contributed by atoms with E-state index in [4.69, 9.17) is 4.74 Å². The third-order valence-electron chi connectivity index (χ3n) is 2.63. The number of hydrogen-bond donors (Lipinski definition) is 1. The largest absolute Gasteiger partial charge is 0.383 e. The fraction of sp³-hybridized carbons (Fsp3) is 0.786. The van der Waals surface area contributed by atoms with Crippen LogP contribution in [0.25, 0.3) is 0 Å². The van der Waals surface area contributed by atoms with Gasteiger partial charge in [0.2, 0.25) is 5.91 Å². The number of carbonyl (C=O) groups is 1. The number of nitrogens with zero attached hydrogens (tertiary/aromatic N) is 3. The van der Waals surface area contributed by atoms with Crippen LogP contribution in [0, 0.1) is 0 Å². The summed E-state index contributed by atoms with van der Waals surface area (Å²) < 4.78 is 7.17. The molecule has 120 valence electrons. The number of aryl methyl sites for hydroxylation is 1. The smallest absolute Gasteiger partial charge is 0.230 e. The molecule has 6 nitrogen and oxygen atoms in total. The van der Waals surface area contributed by atoms with E-state index in [1.165, 1.54) is 11.8 Å². The Labute approximate surface area is 131 Å². The van der Waals surface area contributed by atoms with E-state index >= 15 is 0 Å². The van der Waals surface area contributed by atoms with Crippen molar-refractivity contribution in [1.82, 2.24) is 20.1 Å². The fourth-order valence-electron chi connectivity index (χ4n) is 1.83. The van der Waals surface area contributed by atoms with E-state index in [1.807, 2.05) is 25.3 Å². The van der Waals surface area contributed by atoms with Gasteiger partial charge in [0.25, 0.3) is 0 Å². The Morgan fingerprint density at radius 1 is 1.38 bits per heavy atom. The van der Waals surface area contributed by atoms with E-state index < -0.39 is 0 Å². The lowest BCUT2D eigenvalue weighted by atomic mass is 10.1. The molecule has 0 aliphatic carbocycles. The van der Waals surface area contributed by atoms with Crippen molar-refractivity contribution in [2.75, 3.05) is 19.5 Å². The first-order valence-corrected chi connectivity index (χ1v) is 8.20. The maximum Gasteiger partial charge on any atom is 0.230 e. The average molecular weight is 314 g/mol. The number of nitrogens with one attached hydrogen (secondary N) is 1. The zero-order valence-corrected chi connectivity index (χ0v) is 14.4. The second-order valence-corrected chi connectivity index (χ2v) is 6.82. The second-order valence-electron chi connectivity index (χ2n) is 5.88. The summed E-state index contributed by atoms with van der Waals surface area (Å²) in [6.07, 6.45) is 1.89. The van der Waals surface area contributed by atoms with Crippen molar-refractivity contribution in [2.24, 2.45) is 0 Å². The van der Waals surface area contributed by atoms with E-state index in [2.05, 4.69) is 22.4 Å². The molecule has 0 aliphatic rings. The Bertz CT molecular complexity index is 454. The van der Waals surface area contributed by atoms with Crippen molar-refractivity contribution in [3.63, 3.8) is 0 Å². The van der Waals surface area contributed by atoms with Gasteiger partial charge in [0.05, 0.1) is 12.4 Å². The van der Waals surface area contributed by atoms with Gasteiger partial charge < -0.3 is 14.6 Å². The monoisotopic (exact) mass is 314 g/mol. The molecule has 1 N–H and O–H groups in total. The Morgan fingerprint density at radius 2 is 2.10 bits per heavy atom. The molecule has 1 rings (SSSR count). The van der Waals surface area contributed by atoms with Crippen molar-refractivity contribution in [2.45, 2.75) is 57.8 Å². The van der Waals surface area contributed by atoms with Crippen molar-refractivity contribution in [1.29, 1.82) is 0 Å². The number of ether oxygens (including phenoxy) is 1. The normalized spacial score (nSPS) is 11.7. The van der Waals surface area contributed by atoms with Gasteiger partial charge in [-0.3, -0.25) is 4.79 Å². The second kappa shape index (κ2) is 8.38. The zero-order chi connectivity index (χ0) is 15.9. The van der Waals surface area contributed by atoms with Crippen molar-refractivity contribution in [3.8, 4) is 0 Å². The third-order valence-corrected chi connectivity index (χ3v) is 3.60. The van der Waals surface area contributed by atoms with Crippen LogP contribution in [0.4, 0.5) is 0 Å². The Morgan fingerprint density at radius 3 is 2.67 bits per heavy atom. The highest BCUT2D eigenvalue weighted by Crippen LogP contribution is 2.18. The van der Waals surface area contributed by atoms with E-state index in [-0.39, 0.29) is 11.4 Å². The van der Waals surface area contributed by atoms with Gasteiger partial charge in [-0.15, -0.1) is 10.2 Å². The number of aromatic nitrogens is 3. The van der Waals surface area contributed by atoms with Crippen LogP contribution in [-0.4, -0.2) is 45.7 Å². The summed E-state index contributed by atoms with van der Waals surface area (Å²) >= 11 is 1.41. The van der Waals surface area contributed by atoms with Gasteiger partial charge in [-0.1, -0.05) is 18.7 Å². The molecule has 0 saturated heterocycles. The lowest BCUT2D eigenvalue weighted by Crippen LogP contribution is -2.41. The lowest BCUT2D eigenvalue weighted by molar-refractivity contribution is -0.119. The molecule has 0 radical (unpaired) electrons. The number of thioether (sulfide) groups is 1. The van der Waals surface area contributed by atoms with Gasteiger partial charge in [-0.05, 0) is 27.2 Å². The molecule has 0 bridgehead atoms. The van der Waals surface area contributed by atoms with Gasteiger partial charge in [-0.2, -0.15) is 0 Å². The molecule has 1 aromatic heterocycles. The molecule has 21 heavy (non-hydrogen) atoms. The van der Waals surface area contributed by atoms with Crippen molar-refractivity contribution < 1.29 is 9.53 Å². The Hall–Kier alpha value is -1.08. The van der Waals surface area contributed by atoms with Crippen LogP contribution in [-0.2, 0) is 22.5 Å². The third kappa shape index (κ3) is 6.48. The molecule has 0 saturated carbocycles. The summed E-state index contributed by atoms with van der Waals surface area (Å²) in [6, 6.07) is 0. The van der Waals surface area contributed by atoms with Gasteiger partial charge in [0.1, 0.15) is 5.82 Å². The van der Waals surface area contributed by atoms with Crippen LogP contribution in [0.15, 0.2) is 5.16 Å². The van der Waals surface area contributed by atoms with Crippen LogP contribution >= 0.6 is 11.8 Å². The number of amides is 1. The Kier molecular flexibility index (Phi) is 7.17. The van der Waals surface area contributed by atoms with Gasteiger partial charge in [-0.25, -0.2) is 0 Å². The highest BCUT2D eigenvalue weighted by Gasteiger charge is 2.16. The number of methoxy groups -OCH3 is 1. The number of rotatable bonds is 8. The SMILES string of the molecule is CCCc1nnc(SCC(=O)NC(C)(C)C)n1CCOC. The first-order chi connectivity index (χ1) is 9.87. The van der Waals surface area contributed by atoms with Crippen molar-refractivity contribution >= 4 is 17.7 Å². The van der Waals surface area contributed by atoms with Gasteiger partial charge >= 0.3 is 0 Å². The lowest BCUT2D eigenvalue weighted by Gasteiger charge is -2.20. The maximum absolute atomic E-state index is 11.9. The minimum atomic E-state index is -0.214. The molecule has 1 amide bonds.